The highest BCUT2D eigenvalue weighted by Gasteiger charge is 2.20. The highest BCUT2D eigenvalue weighted by Crippen LogP contribution is 2.34. The number of aromatic nitrogens is 2. The van der Waals surface area contributed by atoms with Crippen molar-refractivity contribution in [1.82, 2.24) is 9.97 Å². The fraction of sp³-hybridized carbons (Fsp3) is 0.185. The lowest BCUT2D eigenvalue weighted by atomic mass is 10.0. The topological polar surface area (TPSA) is 67.0 Å². The third-order valence-corrected chi connectivity index (χ3v) is 6.33. The molecule has 0 aliphatic heterocycles. The second kappa shape index (κ2) is 9.96. The van der Waals surface area contributed by atoms with Crippen molar-refractivity contribution in [3.8, 4) is 28.3 Å². The molecule has 6 heteroatoms. The molecule has 1 aromatic heterocycles. The lowest BCUT2D eigenvalue weighted by molar-refractivity contribution is -0.115. The Morgan fingerprint density at radius 1 is 0.970 bits per heavy atom. The molecule has 4 aromatic rings. The Hall–Kier alpha value is -3.51. The number of nitrogens with one attached hydrogen (secondary N) is 2. The molecule has 4 rings (SSSR count). The van der Waals surface area contributed by atoms with Crippen molar-refractivity contribution in [2.24, 2.45) is 0 Å². The first kappa shape index (κ1) is 22.7. The van der Waals surface area contributed by atoms with Gasteiger partial charge in [0.15, 0.2) is 5.16 Å². The van der Waals surface area contributed by atoms with Crippen LogP contribution in [0, 0.1) is 13.8 Å². The summed E-state index contributed by atoms with van der Waals surface area (Å²) in [7, 11) is 1.60. The summed E-state index contributed by atoms with van der Waals surface area (Å²) in [5.74, 6) is 0.600. The fourth-order valence-electron chi connectivity index (χ4n) is 3.42. The normalized spacial score (nSPS) is 11.8. The molecule has 1 heterocycles. The third kappa shape index (κ3) is 5.46. The lowest BCUT2D eigenvalue weighted by Gasteiger charge is -2.11. The Morgan fingerprint density at radius 3 is 2.24 bits per heavy atom. The van der Waals surface area contributed by atoms with Crippen LogP contribution in [0.15, 0.2) is 78.0 Å². The maximum absolute atomic E-state index is 12.8. The quantitative estimate of drug-likeness (QED) is 0.311. The lowest BCUT2D eigenvalue weighted by Crippen LogP contribution is -2.22. The number of anilines is 1. The predicted octanol–water partition coefficient (Wildman–Crippen LogP) is 6.49. The molecular weight excluding hydrogens is 430 g/mol. The molecule has 168 valence electrons. The molecule has 0 aliphatic carbocycles. The maximum Gasteiger partial charge on any atom is 0.237 e. The summed E-state index contributed by atoms with van der Waals surface area (Å²) in [5.41, 5.74) is 7.02. The van der Waals surface area contributed by atoms with Crippen LogP contribution in [0.2, 0.25) is 0 Å². The Kier molecular flexibility index (Phi) is 6.84. The van der Waals surface area contributed by atoms with E-state index in [1.54, 1.807) is 13.2 Å². The van der Waals surface area contributed by atoms with Gasteiger partial charge in [-0.3, -0.25) is 4.79 Å². The highest BCUT2D eigenvalue weighted by molar-refractivity contribution is 8.00. The van der Waals surface area contributed by atoms with Gasteiger partial charge in [-0.2, -0.15) is 0 Å². The summed E-state index contributed by atoms with van der Waals surface area (Å²) >= 11 is 1.40. The maximum atomic E-state index is 12.8. The van der Waals surface area contributed by atoms with Crippen molar-refractivity contribution < 1.29 is 9.53 Å². The van der Waals surface area contributed by atoms with E-state index in [0.717, 1.165) is 22.5 Å². The largest absolute Gasteiger partial charge is 0.497 e. The van der Waals surface area contributed by atoms with Gasteiger partial charge < -0.3 is 15.0 Å². The van der Waals surface area contributed by atoms with Crippen molar-refractivity contribution in [2.45, 2.75) is 31.2 Å². The minimum Gasteiger partial charge on any atom is -0.497 e. The number of H-pyrrole nitrogens is 1. The van der Waals surface area contributed by atoms with Gasteiger partial charge in [0, 0.05) is 22.9 Å². The molecule has 0 bridgehead atoms. The van der Waals surface area contributed by atoms with E-state index in [1.165, 1.54) is 22.9 Å². The van der Waals surface area contributed by atoms with Gasteiger partial charge >= 0.3 is 0 Å². The number of carbonyl (C=O) groups excluding carboxylic acids is 1. The SMILES string of the molecule is COc1cccc(NC(=O)C(C)Sc2nc(-c3ccc(C)cc3)c(-c3ccc(C)cc3)[nH]2)c1. The Labute approximate surface area is 198 Å². The number of aromatic amines is 1. The standard InChI is InChI=1S/C27H27N3O2S/c1-17-8-12-20(13-9-17)24-25(21-14-10-18(2)11-15-21)30-27(29-24)33-19(3)26(31)28-22-6-5-7-23(16-22)32-4/h5-16,19H,1-4H3,(H,28,31)(H,29,30). The van der Waals surface area contributed by atoms with Crippen LogP contribution in [-0.2, 0) is 4.79 Å². The molecule has 1 atom stereocenters. The number of rotatable bonds is 7. The molecule has 0 aliphatic rings. The van der Waals surface area contributed by atoms with E-state index < -0.39 is 0 Å². The first-order chi connectivity index (χ1) is 15.9. The molecule has 2 N–H and O–H groups in total. The minimum absolute atomic E-state index is 0.0987. The molecule has 1 amide bonds. The number of methoxy groups -OCH3 is 1. The van der Waals surface area contributed by atoms with Crippen LogP contribution >= 0.6 is 11.8 Å². The number of aryl methyl sites for hydroxylation is 2. The van der Waals surface area contributed by atoms with Crippen molar-refractivity contribution in [3.05, 3.63) is 83.9 Å². The van der Waals surface area contributed by atoms with Crippen LogP contribution in [0.5, 0.6) is 5.75 Å². The average molecular weight is 458 g/mol. The van der Waals surface area contributed by atoms with Gasteiger partial charge in [0.25, 0.3) is 0 Å². The van der Waals surface area contributed by atoms with Crippen LogP contribution in [0.1, 0.15) is 18.1 Å². The number of amides is 1. The van der Waals surface area contributed by atoms with E-state index in [9.17, 15) is 4.79 Å². The number of hydrogen-bond acceptors (Lipinski definition) is 4. The van der Waals surface area contributed by atoms with Crippen LogP contribution in [0.4, 0.5) is 5.69 Å². The zero-order valence-corrected chi connectivity index (χ0v) is 20.0. The summed E-state index contributed by atoms with van der Waals surface area (Å²) < 4.78 is 5.24. The summed E-state index contributed by atoms with van der Waals surface area (Å²) in [5, 5.41) is 3.31. The van der Waals surface area contributed by atoms with E-state index in [1.807, 2.05) is 25.1 Å². The molecule has 5 nitrogen and oxygen atoms in total. The number of hydrogen-bond donors (Lipinski definition) is 2. The van der Waals surface area contributed by atoms with Gasteiger partial charge in [-0.15, -0.1) is 0 Å². The van der Waals surface area contributed by atoms with Gasteiger partial charge in [-0.1, -0.05) is 77.5 Å². The third-order valence-electron chi connectivity index (χ3n) is 5.34. The Morgan fingerprint density at radius 2 is 1.61 bits per heavy atom. The minimum atomic E-state index is -0.348. The van der Waals surface area contributed by atoms with Gasteiger partial charge in [-0.05, 0) is 32.9 Å². The number of imidazole rings is 1. The zero-order valence-electron chi connectivity index (χ0n) is 19.2. The number of carbonyl (C=O) groups is 1. The molecule has 33 heavy (non-hydrogen) atoms. The van der Waals surface area contributed by atoms with E-state index >= 15 is 0 Å². The Bertz CT molecular complexity index is 1180. The van der Waals surface area contributed by atoms with Gasteiger partial charge in [0.1, 0.15) is 5.75 Å². The molecule has 0 saturated carbocycles. The second-order valence-electron chi connectivity index (χ2n) is 7.98. The van der Waals surface area contributed by atoms with Gasteiger partial charge in [0.05, 0.1) is 23.7 Å². The molecule has 1 unspecified atom stereocenters. The average Bonchev–Trinajstić information content (AvgIpc) is 3.23. The number of nitrogens with zero attached hydrogens (tertiary/aromatic N) is 1. The molecule has 0 saturated heterocycles. The molecule has 3 aromatic carbocycles. The van der Waals surface area contributed by atoms with Gasteiger partial charge in [-0.25, -0.2) is 4.98 Å². The van der Waals surface area contributed by atoms with Crippen LogP contribution in [0.25, 0.3) is 22.5 Å². The molecular formula is C27H27N3O2S. The first-order valence-electron chi connectivity index (χ1n) is 10.8. The van der Waals surface area contributed by atoms with Crippen molar-refractivity contribution in [2.75, 3.05) is 12.4 Å². The summed E-state index contributed by atoms with van der Waals surface area (Å²) in [6.07, 6.45) is 0. The van der Waals surface area contributed by atoms with Gasteiger partial charge in [0.2, 0.25) is 5.91 Å². The van der Waals surface area contributed by atoms with Crippen molar-refractivity contribution in [3.63, 3.8) is 0 Å². The predicted molar refractivity (Wildman–Crippen MR) is 136 cm³/mol. The Balaban J connectivity index is 1.59. The highest BCUT2D eigenvalue weighted by atomic mass is 32.2. The van der Waals surface area contributed by atoms with Crippen molar-refractivity contribution >= 4 is 23.4 Å². The second-order valence-corrected chi connectivity index (χ2v) is 9.31. The molecule has 0 radical (unpaired) electrons. The number of benzene rings is 3. The van der Waals surface area contributed by atoms with Crippen LogP contribution in [0.3, 0.4) is 0 Å². The molecule has 0 fully saturated rings. The number of ether oxygens (including phenoxy) is 1. The van der Waals surface area contributed by atoms with E-state index in [4.69, 9.17) is 9.72 Å². The summed E-state index contributed by atoms with van der Waals surface area (Å²) in [4.78, 5) is 21.1. The molecule has 0 spiro atoms. The monoisotopic (exact) mass is 457 g/mol. The van der Waals surface area contributed by atoms with E-state index in [0.29, 0.717) is 16.6 Å². The fourth-order valence-corrected chi connectivity index (χ4v) is 4.23. The van der Waals surface area contributed by atoms with Crippen LogP contribution in [-0.4, -0.2) is 28.2 Å². The van der Waals surface area contributed by atoms with E-state index in [2.05, 4.69) is 72.7 Å². The van der Waals surface area contributed by atoms with Crippen molar-refractivity contribution in [1.29, 1.82) is 0 Å². The van der Waals surface area contributed by atoms with Crippen LogP contribution < -0.4 is 10.1 Å². The number of thioether (sulfide) groups is 1. The summed E-state index contributed by atoms with van der Waals surface area (Å²) in [6, 6.07) is 24.0. The zero-order chi connectivity index (χ0) is 23.4. The van der Waals surface area contributed by atoms with E-state index in [-0.39, 0.29) is 11.2 Å². The summed E-state index contributed by atoms with van der Waals surface area (Å²) in [6.45, 7) is 6.01. The first-order valence-corrected chi connectivity index (χ1v) is 11.7. The smallest absolute Gasteiger partial charge is 0.237 e.